The normalized spacial score (nSPS) is 14.8. The highest BCUT2D eigenvalue weighted by Crippen LogP contribution is 2.48. The summed E-state index contributed by atoms with van der Waals surface area (Å²) in [7, 11) is -2.48. The molecule has 0 aliphatic heterocycles. The van der Waals surface area contributed by atoms with E-state index >= 15 is 0 Å². The van der Waals surface area contributed by atoms with Crippen LogP contribution >= 0.6 is 15.8 Å². The Balaban J connectivity index is 1.49. The van der Waals surface area contributed by atoms with Crippen LogP contribution in [-0.2, 0) is 9.59 Å². The lowest BCUT2D eigenvalue weighted by Gasteiger charge is -2.30. The number of esters is 2. The van der Waals surface area contributed by atoms with Gasteiger partial charge in [0.05, 0.1) is 11.8 Å². The molecule has 2 aliphatic rings. The second-order valence-electron chi connectivity index (χ2n) is 18.9. The average molecular weight is 887 g/mol. The number of rotatable bonds is 11. The van der Waals surface area contributed by atoms with Crippen molar-refractivity contribution in [3.05, 3.63) is 154 Å². The molecule has 6 heteroatoms. The third-order valence-corrected chi connectivity index (χ3v) is 17.7. The minimum absolute atomic E-state index is 0.160. The molecule has 0 N–H and O–H groups in total. The molecular formula is C58H64O4P2. The van der Waals surface area contributed by atoms with E-state index in [-0.39, 0.29) is 23.8 Å². The van der Waals surface area contributed by atoms with Gasteiger partial charge in [-0.05, 0) is 141 Å². The molecule has 330 valence electrons. The van der Waals surface area contributed by atoms with Crippen molar-refractivity contribution in [1.29, 1.82) is 0 Å². The largest absolute Gasteiger partial charge is 0.426 e. The molecule has 2 aliphatic carbocycles. The molecule has 0 amide bonds. The first-order chi connectivity index (χ1) is 30.8. The van der Waals surface area contributed by atoms with Crippen molar-refractivity contribution in [2.45, 2.75) is 120 Å². The van der Waals surface area contributed by atoms with Crippen molar-refractivity contribution < 1.29 is 19.1 Å². The van der Waals surface area contributed by atoms with Crippen LogP contribution in [0.15, 0.2) is 109 Å². The fraction of sp³-hybridized carbons (Fsp3) is 0.345. The summed E-state index contributed by atoms with van der Waals surface area (Å²) in [6.45, 7) is 17.4. The number of aryl methyl sites for hydroxylation is 8. The fourth-order valence-electron chi connectivity index (χ4n) is 10.3. The molecule has 0 radical (unpaired) electrons. The zero-order valence-electron chi connectivity index (χ0n) is 39.1. The molecule has 0 spiro atoms. The van der Waals surface area contributed by atoms with Gasteiger partial charge in [0.15, 0.2) is 0 Å². The van der Waals surface area contributed by atoms with E-state index in [1.807, 2.05) is 12.1 Å². The van der Waals surface area contributed by atoms with E-state index in [0.29, 0.717) is 11.5 Å². The van der Waals surface area contributed by atoms with Gasteiger partial charge < -0.3 is 9.47 Å². The minimum atomic E-state index is -1.24. The van der Waals surface area contributed by atoms with Gasteiger partial charge in [0.2, 0.25) is 0 Å². The molecule has 0 unspecified atom stereocenters. The summed E-state index contributed by atoms with van der Waals surface area (Å²) in [6.07, 6.45) is 9.71. The van der Waals surface area contributed by atoms with Crippen LogP contribution in [-0.4, -0.2) is 11.9 Å². The first-order valence-corrected chi connectivity index (χ1v) is 26.1. The summed E-state index contributed by atoms with van der Waals surface area (Å²) in [5, 5.41) is 7.02. The minimum Gasteiger partial charge on any atom is -0.426 e. The Labute approximate surface area is 384 Å². The molecule has 2 saturated carbocycles. The molecule has 6 aromatic carbocycles. The van der Waals surface area contributed by atoms with Crippen LogP contribution in [0.25, 0.3) is 11.1 Å². The summed E-state index contributed by atoms with van der Waals surface area (Å²) in [6, 6.07) is 40.2. The van der Waals surface area contributed by atoms with Crippen LogP contribution in [0.4, 0.5) is 0 Å². The van der Waals surface area contributed by atoms with E-state index in [1.54, 1.807) is 0 Å². The molecule has 0 bridgehead atoms. The average Bonchev–Trinajstić information content (AvgIpc) is 3.24. The third-order valence-electron chi connectivity index (χ3n) is 12.9. The Morgan fingerprint density at radius 3 is 0.922 bits per heavy atom. The predicted octanol–water partition coefficient (Wildman–Crippen LogP) is 12.3. The quantitative estimate of drug-likeness (QED) is 0.0739. The number of hydrogen-bond acceptors (Lipinski definition) is 4. The van der Waals surface area contributed by atoms with E-state index in [0.717, 1.165) is 85.9 Å². The Hall–Kier alpha value is -4.88. The monoisotopic (exact) mass is 886 g/mol. The van der Waals surface area contributed by atoms with Crippen LogP contribution in [0, 0.1) is 67.2 Å². The predicted molar refractivity (Wildman–Crippen MR) is 272 cm³/mol. The van der Waals surface area contributed by atoms with Crippen LogP contribution < -0.4 is 41.3 Å². The van der Waals surface area contributed by atoms with Crippen LogP contribution in [0.3, 0.4) is 0 Å². The summed E-state index contributed by atoms with van der Waals surface area (Å²) >= 11 is 0. The van der Waals surface area contributed by atoms with Gasteiger partial charge in [0.25, 0.3) is 0 Å². The molecule has 4 nitrogen and oxygen atoms in total. The Morgan fingerprint density at radius 2 is 0.656 bits per heavy atom. The maximum absolute atomic E-state index is 14.5. The Bertz CT molecular complexity index is 2320. The Morgan fingerprint density at radius 1 is 0.391 bits per heavy atom. The number of benzene rings is 6. The van der Waals surface area contributed by atoms with Gasteiger partial charge in [-0.15, -0.1) is 0 Å². The summed E-state index contributed by atoms with van der Waals surface area (Å²) < 4.78 is 13.7. The van der Waals surface area contributed by atoms with Crippen molar-refractivity contribution in [3.63, 3.8) is 0 Å². The maximum Gasteiger partial charge on any atom is 0.314 e. The zero-order chi connectivity index (χ0) is 45.1. The van der Waals surface area contributed by atoms with Gasteiger partial charge in [-0.25, -0.2) is 0 Å². The number of ether oxygens (including phenoxy) is 2. The van der Waals surface area contributed by atoms with Gasteiger partial charge in [-0.3, -0.25) is 9.59 Å². The number of carbonyl (C=O) groups is 2. The zero-order valence-corrected chi connectivity index (χ0v) is 40.9. The Kier molecular flexibility index (Phi) is 14.3. The molecule has 0 aromatic heterocycles. The molecule has 2 fully saturated rings. The van der Waals surface area contributed by atoms with Crippen molar-refractivity contribution >= 4 is 59.6 Å². The van der Waals surface area contributed by atoms with Gasteiger partial charge in [-0.2, -0.15) is 0 Å². The van der Waals surface area contributed by atoms with Gasteiger partial charge in [0.1, 0.15) is 11.5 Å². The van der Waals surface area contributed by atoms with E-state index in [1.165, 1.54) is 65.7 Å². The SMILES string of the molecule is Cc1cc(C)cc(P(c2cc(C)cc(C)c2)c2cccc(OC(=O)C3CCCCC3)c2-c2c(OC(=O)C3CCCCC3)cccc2P(c2cc(C)cc(C)c2)c2cc(C)cc(C)c2)c1. The van der Waals surface area contributed by atoms with Crippen molar-refractivity contribution in [2.24, 2.45) is 11.8 Å². The van der Waals surface area contributed by atoms with E-state index in [9.17, 15) is 9.59 Å². The highest BCUT2D eigenvalue weighted by Gasteiger charge is 2.34. The molecule has 0 saturated heterocycles. The summed E-state index contributed by atoms with van der Waals surface area (Å²) in [4.78, 5) is 29.1. The van der Waals surface area contributed by atoms with Crippen LogP contribution in [0.1, 0.15) is 109 Å². The molecule has 0 heterocycles. The molecule has 6 aromatic rings. The topological polar surface area (TPSA) is 52.6 Å². The van der Waals surface area contributed by atoms with Crippen LogP contribution in [0.2, 0.25) is 0 Å². The van der Waals surface area contributed by atoms with Crippen molar-refractivity contribution in [3.8, 4) is 22.6 Å². The van der Waals surface area contributed by atoms with Crippen LogP contribution in [0.5, 0.6) is 11.5 Å². The molecule has 64 heavy (non-hydrogen) atoms. The maximum atomic E-state index is 14.5. The van der Waals surface area contributed by atoms with E-state index < -0.39 is 15.8 Å². The standard InChI is InChI=1S/C58H64O4P2/c1-37-25-38(2)30-47(29-37)63(48-31-39(3)26-40(4)32-48)53-23-15-21-51(61-57(59)45-17-11-9-12-18-45)55(53)56-52(62-58(60)46-19-13-10-14-20-46)22-16-24-54(56)64(49-33-41(5)27-42(6)34-49)50-35-43(7)28-44(8)36-50/h15-16,21-36,45-46H,9-14,17-20H2,1-8H3. The molecular weight excluding hydrogens is 823 g/mol. The highest BCUT2D eigenvalue weighted by molar-refractivity contribution is 7.80. The van der Waals surface area contributed by atoms with E-state index in [2.05, 4.69) is 152 Å². The van der Waals surface area contributed by atoms with Gasteiger partial charge in [0, 0.05) is 11.1 Å². The first-order valence-electron chi connectivity index (χ1n) is 23.4. The lowest BCUT2D eigenvalue weighted by molar-refractivity contribution is -0.140. The molecule has 8 rings (SSSR count). The lowest BCUT2D eigenvalue weighted by Crippen LogP contribution is -2.29. The number of carbonyl (C=O) groups excluding carboxylic acids is 2. The lowest BCUT2D eigenvalue weighted by atomic mass is 9.89. The third kappa shape index (κ3) is 10.5. The van der Waals surface area contributed by atoms with Gasteiger partial charge >= 0.3 is 11.9 Å². The smallest absolute Gasteiger partial charge is 0.314 e. The first kappa shape index (κ1) is 45.7. The summed E-state index contributed by atoms with van der Waals surface area (Å²) in [5.74, 6) is 0.369. The van der Waals surface area contributed by atoms with Gasteiger partial charge in [-0.1, -0.05) is 180 Å². The van der Waals surface area contributed by atoms with E-state index in [4.69, 9.17) is 9.47 Å². The molecule has 0 atom stereocenters. The second kappa shape index (κ2) is 20.1. The fourth-order valence-corrected chi connectivity index (χ4v) is 16.1. The summed E-state index contributed by atoms with van der Waals surface area (Å²) in [5.41, 5.74) is 11.3. The van der Waals surface area contributed by atoms with Crippen molar-refractivity contribution in [1.82, 2.24) is 0 Å². The number of hydrogen-bond donors (Lipinski definition) is 0. The second-order valence-corrected chi connectivity index (χ2v) is 23.2. The highest BCUT2D eigenvalue weighted by atomic mass is 31.1. The van der Waals surface area contributed by atoms with Crippen molar-refractivity contribution in [2.75, 3.05) is 0 Å².